The molecule has 0 aliphatic rings. The molecule has 0 saturated heterocycles. The van der Waals surface area contributed by atoms with Crippen molar-refractivity contribution >= 4 is 11.3 Å². The first-order valence-corrected chi connectivity index (χ1v) is 7.55. The van der Waals surface area contributed by atoms with Crippen molar-refractivity contribution in [3.05, 3.63) is 21.9 Å². The largest absolute Gasteiger partial charge is 0.382 e. The van der Waals surface area contributed by atoms with Crippen LogP contribution in [0, 0.1) is 6.92 Å². The summed E-state index contributed by atoms with van der Waals surface area (Å²) in [6.45, 7) is 7.53. The van der Waals surface area contributed by atoms with E-state index in [0.29, 0.717) is 13.2 Å². The second-order valence-electron chi connectivity index (χ2n) is 4.26. The molecule has 0 fully saturated rings. The highest BCUT2D eigenvalue weighted by Crippen LogP contribution is 2.14. The molecular weight excluding hydrogens is 262 g/mol. The summed E-state index contributed by atoms with van der Waals surface area (Å²) in [5.41, 5.74) is 0. The molecule has 110 valence electrons. The minimum Gasteiger partial charge on any atom is -0.382 e. The molecule has 0 unspecified atom stereocenters. The fourth-order valence-corrected chi connectivity index (χ4v) is 2.41. The summed E-state index contributed by atoms with van der Waals surface area (Å²) < 4.78 is 15.7. The molecule has 0 spiro atoms. The van der Waals surface area contributed by atoms with Crippen molar-refractivity contribution in [3.8, 4) is 0 Å². The topological polar surface area (TPSA) is 39.7 Å². The van der Waals surface area contributed by atoms with E-state index in [1.807, 2.05) is 11.3 Å². The number of hydrogen-bond donors (Lipinski definition) is 1. The zero-order chi connectivity index (χ0) is 13.8. The van der Waals surface area contributed by atoms with E-state index in [1.54, 1.807) is 7.11 Å². The molecule has 1 aromatic heterocycles. The Labute approximate surface area is 120 Å². The average Bonchev–Trinajstić information content (AvgIpc) is 2.82. The summed E-state index contributed by atoms with van der Waals surface area (Å²) in [4.78, 5) is 2.74. The number of nitrogens with one attached hydrogen (secondary N) is 1. The van der Waals surface area contributed by atoms with Gasteiger partial charge in [0.2, 0.25) is 0 Å². The Bertz CT molecular complexity index is 317. The van der Waals surface area contributed by atoms with E-state index < -0.39 is 0 Å². The summed E-state index contributed by atoms with van der Waals surface area (Å²) in [6.07, 6.45) is 0.938. The van der Waals surface area contributed by atoms with Crippen LogP contribution in [-0.4, -0.2) is 46.7 Å². The monoisotopic (exact) mass is 287 g/mol. The molecule has 1 rings (SSSR count). The fraction of sp³-hybridized carbons (Fsp3) is 0.714. The lowest BCUT2D eigenvalue weighted by atomic mass is 10.4. The van der Waals surface area contributed by atoms with Crippen molar-refractivity contribution in [3.63, 3.8) is 0 Å². The molecule has 1 N–H and O–H groups in total. The molecule has 0 atom stereocenters. The van der Waals surface area contributed by atoms with Gasteiger partial charge in [0.15, 0.2) is 0 Å². The Morgan fingerprint density at radius 2 is 1.84 bits per heavy atom. The van der Waals surface area contributed by atoms with Crippen molar-refractivity contribution in [2.75, 3.05) is 46.7 Å². The summed E-state index contributed by atoms with van der Waals surface area (Å²) >= 11 is 1.84. The number of methoxy groups -OCH3 is 1. The Morgan fingerprint density at radius 3 is 2.53 bits per heavy atom. The molecule has 0 bridgehead atoms. The first-order valence-electron chi connectivity index (χ1n) is 6.73. The van der Waals surface area contributed by atoms with Crippen LogP contribution in [0.25, 0.3) is 0 Å². The molecule has 0 saturated carbocycles. The average molecular weight is 287 g/mol. The van der Waals surface area contributed by atoms with Crippen LogP contribution in [0.15, 0.2) is 12.1 Å². The van der Waals surface area contributed by atoms with Crippen LogP contribution in [-0.2, 0) is 20.8 Å². The van der Waals surface area contributed by atoms with Gasteiger partial charge in [-0.05, 0) is 25.5 Å². The van der Waals surface area contributed by atoms with Gasteiger partial charge in [-0.25, -0.2) is 0 Å². The molecule has 4 nitrogen and oxygen atoms in total. The van der Waals surface area contributed by atoms with Crippen LogP contribution in [0.1, 0.15) is 16.2 Å². The van der Waals surface area contributed by atoms with E-state index in [-0.39, 0.29) is 0 Å². The van der Waals surface area contributed by atoms with Crippen LogP contribution in [0.5, 0.6) is 0 Å². The number of hydrogen-bond acceptors (Lipinski definition) is 5. The zero-order valence-electron chi connectivity index (χ0n) is 11.9. The highest BCUT2D eigenvalue weighted by Gasteiger charge is 1.96. The molecule has 0 aliphatic heterocycles. The Balaban J connectivity index is 1.79. The van der Waals surface area contributed by atoms with Crippen molar-refractivity contribution < 1.29 is 14.2 Å². The maximum Gasteiger partial charge on any atom is 0.0700 e. The molecule has 19 heavy (non-hydrogen) atoms. The van der Waals surface area contributed by atoms with Crippen LogP contribution in [0.4, 0.5) is 0 Å². The van der Waals surface area contributed by atoms with Crippen molar-refractivity contribution in [2.24, 2.45) is 0 Å². The predicted octanol–water partition coefficient (Wildman–Crippen LogP) is 2.22. The molecule has 0 amide bonds. The quantitative estimate of drug-likeness (QED) is 0.598. The van der Waals surface area contributed by atoms with Gasteiger partial charge in [-0.15, -0.1) is 11.3 Å². The maximum absolute atomic E-state index is 5.51. The second-order valence-corrected chi connectivity index (χ2v) is 5.63. The molecule has 1 heterocycles. The summed E-state index contributed by atoms with van der Waals surface area (Å²) in [5.74, 6) is 0. The second kappa shape index (κ2) is 11.4. The third-order valence-electron chi connectivity index (χ3n) is 2.53. The van der Waals surface area contributed by atoms with Gasteiger partial charge in [0.1, 0.15) is 0 Å². The van der Waals surface area contributed by atoms with E-state index in [1.165, 1.54) is 9.75 Å². The summed E-state index contributed by atoms with van der Waals surface area (Å²) in [7, 11) is 1.68. The molecule has 0 aliphatic carbocycles. The lowest BCUT2D eigenvalue weighted by molar-refractivity contribution is 0.0518. The first kappa shape index (κ1) is 16.6. The fourth-order valence-electron chi connectivity index (χ4n) is 1.55. The smallest absolute Gasteiger partial charge is 0.0700 e. The van der Waals surface area contributed by atoms with Gasteiger partial charge < -0.3 is 19.5 Å². The van der Waals surface area contributed by atoms with Gasteiger partial charge in [-0.3, -0.25) is 0 Å². The van der Waals surface area contributed by atoms with Gasteiger partial charge in [-0.2, -0.15) is 0 Å². The van der Waals surface area contributed by atoms with Gasteiger partial charge in [0, 0.05) is 43.2 Å². The van der Waals surface area contributed by atoms with Crippen molar-refractivity contribution in [2.45, 2.75) is 19.9 Å². The molecule has 1 aromatic rings. The Morgan fingerprint density at radius 1 is 1.05 bits per heavy atom. The minimum atomic E-state index is 0.660. The lowest BCUT2D eigenvalue weighted by Crippen LogP contribution is -2.19. The number of ether oxygens (including phenoxy) is 3. The van der Waals surface area contributed by atoms with E-state index in [2.05, 4.69) is 24.4 Å². The first-order chi connectivity index (χ1) is 9.33. The van der Waals surface area contributed by atoms with E-state index >= 15 is 0 Å². The zero-order valence-corrected chi connectivity index (χ0v) is 12.8. The van der Waals surface area contributed by atoms with Crippen LogP contribution in [0.3, 0.4) is 0 Å². The Kier molecular flexibility index (Phi) is 9.93. The van der Waals surface area contributed by atoms with Crippen LogP contribution in [0.2, 0.25) is 0 Å². The summed E-state index contributed by atoms with van der Waals surface area (Å²) in [5, 5.41) is 3.37. The molecule has 5 heteroatoms. The van der Waals surface area contributed by atoms with E-state index in [4.69, 9.17) is 14.2 Å². The molecular formula is C14H25NO3S. The highest BCUT2D eigenvalue weighted by atomic mass is 32.1. The van der Waals surface area contributed by atoms with E-state index in [9.17, 15) is 0 Å². The highest BCUT2D eigenvalue weighted by molar-refractivity contribution is 7.11. The lowest BCUT2D eigenvalue weighted by Gasteiger charge is -2.06. The molecule has 0 aromatic carbocycles. The van der Waals surface area contributed by atoms with Crippen molar-refractivity contribution in [1.29, 1.82) is 0 Å². The number of rotatable bonds is 12. The maximum atomic E-state index is 5.51. The van der Waals surface area contributed by atoms with Gasteiger partial charge in [-0.1, -0.05) is 0 Å². The van der Waals surface area contributed by atoms with Crippen LogP contribution >= 0.6 is 11.3 Å². The normalized spacial score (nSPS) is 11.1. The minimum absolute atomic E-state index is 0.660. The van der Waals surface area contributed by atoms with Gasteiger partial charge >= 0.3 is 0 Å². The third kappa shape index (κ3) is 9.13. The van der Waals surface area contributed by atoms with Crippen LogP contribution < -0.4 is 5.32 Å². The van der Waals surface area contributed by atoms with Gasteiger partial charge in [0.25, 0.3) is 0 Å². The Hall–Kier alpha value is -0.460. The SMILES string of the molecule is COCCOCCCOCCNCc1ccc(C)s1. The number of thiophene rings is 1. The molecule has 0 radical (unpaired) electrons. The number of aryl methyl sites for hydroxylation is 1. The third-order valence-corrected chi connectivity index (χ3v) is 3.53. The van der Waals surface area contributed by atoms with Crippen molar-refractivity contribution in [1.82, 2.24) is 5.32 Å². The predicted molar refractivity (Wildman–Crippen MR) is 78.9 cm³/mol. The summed E-state index contributed by atoms with van der Waals surface area (Å²) in [6, 6.07) is 4.33. The standard InChI is InChI=1S/C14H25NO3S/c1-13-4-5-14(19-13)12-15-6-9-17-7-3-8-18-11-10-16-2/h4-5,15H,3,6-12H2,1-2H3. The van der Waals surface area contributed by atoms with Gasteiger partial charge in [0.05, 0.1) is 19.8 Å². The van der Waals surface area contributed by atoms with E-state index in [0.717, 1.165) is 39.3 Å².